The molecule has 0 aliphatic carbocycles. The predicted octanol–water partition coefficient (Wildman–Crippen LogP) is 3.06. The highest BCUT2D eigenvalue weighted by atomic mass is 32.2. The summed E-state index contributed by atoms with van der Waals surface area (Å²) in [4.78, 5) is 23.1. The van der Waals surface area contributed by atoms with Crippen molar-refractivity contribution in [3.8, 4) is 0 Å². The van der Waals surface area contributed by atoms with Gasteiger partial charge in [-0.1, -0.05) is 0 Å². The van der Waals surface area contributed by atoms with Gasteiger partial charge in [0, 0.05) is 0 Å². The van der Waals surface area contributed by atoms with Gasteiger partial charge in [-0.3, -0.25) is 5.32 Å². The van der Waals surface area contributed by atoms with Crippen molar-refractivity contribution in [2.75, 3.05) is 6.26 Å². The Morgan fingerprint density at radius 1 is 1.00 bits per heavy atom. The molecule has 19 heavy (non-hydrogen) atoms. The minimum atomic E-state index is -0.600. The predicted molar refractivity (Wildman–Crippen MR) is 76.8 cm³/mol. The molecular formula is C13H23NO4S. The molecule has 1 amide bonds. The lowest BCUT2D eigenvalue weighted by atomic mass is 10.2. The van der Waals surface area contributed by atoms with Crippen molar-refractivity contribution < 1.29 is 19.1 Å². The van der Waals surface area contributed by atoms with Crippen molar-refractivity contribution in [1.29, 1.82) is 0 Å². The minimum Gasteiger partial charge on any atom is -0.457 e. The van der Waals surface area contributed by atoms with Crippen LogP contribution in [0.25, 0.3) is 0 Å². The van der Waals surface area contributed by atoms with Crippen LogP contribution in [0.3, 0.4) is 0 Å². The van der Waals surface area contributed by atoms with Crippen LogP contribution < -0.4 is 5.32 Å². The van der Waals surface area contributed by atoms with Gasteiger partial charge in [-0.15, -0.1) is 11.8 Å². The van der Waals surface area contributed by atoms with E-state index < -0.39 is 23.3 Å². The Kier molecular flexibility index (Phi) is 6.42. The standard InChI is InChI=1S/C13H23NO4S/c1-12(2,3)17-10(15)8-9(19-7)14-11(16)18-13(4,5)6/h8H,1-7H3,(H,14,16). The number of hydrogen-bond acceptors (Lipinski definition) is 5. The zero-order valence-corrected chi connectivity index (χ0v) is 13.4. The molecule has 0 aromatic carbocycles. The van der Waals surface area contributed by atoms with Gasteiger partial charge in [-0.25, -0.2) is 9.59 Å². The quantitative estimate of drug-likeness (QED) is 0.639. The average molecular weight is 289 g/mol. The Morgan fingerprint density at radius 3 is 1.84 bits per heavy atom. The fraction of sp³-hybridized carbons (Fsp3) is 0.692. The number of rotatable bonds is 3. The third kappa shape index (κ3) is 10.4. The molecule has 0 radical (unpaired) electrons. The first-order chi connectivity index (χ1) is 8.43. The summed E-state index contributed by atoms with van der Waals surface area (Å²) in [5.74, 6) is -0.507. The molecule has 0 aromatic rings. The van der Waals surface area contributed by atoms with E-state index in [4.69, 9.17) is 9.47 Å². The third-order valence-corrected chi connectivity index (χ3v) is 2.16. The Balaban J connectivity index is 4.58. The lowest BCUT2D eigenvalue weighted by Gasteiger charge is -2.20. The Hall–Kier alpha value is -1.17. The normalized spacial score (nSPS) is 12.9. The van der Waals surface area contributed by atoms with E-state index >= 15 is 0 Å². The SMILES string of the molecule is CSC(=CC(=O)OC(C)(C)C)NC(=O)OC(C)(C)C. The van der Waals surface area contributed by atoms with E-state index in [0.717, 1.165) is 0 Å². The molecule has 1 N–H and O–H groups in total. The molecule has 110 valence electrons. The van der Waals surface area contributed by atoms with Crippen molar-refractivity contribution in [3.63, 3.8) is 0 Å². The highest BCUT2D eigenvalue weighted by molar-refractivity contribution is 8.02. The number of carbonyl (C=O) groups is 2. The van der Waals surface area contributed by atoms with Crippen LogP contribution in [0.4, 0.5) is 4.79 Å². The molecule has 0 atom stereocenters. The second kappa shape index (κ2) is 6.84. The van der Waals surface area contributed by atoms with E-state index in [1.54, 1.807) is 47.8 Å². The number of hydrogen-bond donors (Lipinski definition) is 1. The monoisotopic (exact) mass is 289 g/mol. The molecular weight excluding hydrogens is 266 g/mol. The summed E-state index contributed by atoms with van der Waals surface area (Å²) < 4.78 is 10.2. The van der Waals surface area contributed by atoms with Crippen molar-refractivity contribution in [3.05, 3.63) is 11.1 Å². The molecule has 0 heterocycles. The smallest absolute Gasteiger partial charge is 0.412 e. The largest absolute Gasteiger partial charge is 0.457 e. The first-order valence-electron chi connectivity index (χ1n) is 5.91. The Bertz CT molecular complexity index is 364. The van der Waals surface area contributed by atoms with Crippen molar-refractivity contribution >= 4 is 23.8 Å². The summed E-state index contributed by atoms with van der Waals surface area (Å²) in [7, 11) is 0. The molecule has 5 nitrogen and oxygen atoms in total. The maximum atomic E-state index is 11.6. The molecule has 0 saturated heterocycles. The first-order valence-corrected chi connectivity index (χ1v) is 7.14. The number of nitrogens with one attached hydrogen (secondary N) is 1. The third-order valence-electron chi connectivity index (χ3n) is 1.50. The van der Waals surface area contributed by atoms with Crippen molar-refractivity contribution in [1.82, 2.24) is 5.32 Å². The zero-order chi connectivity index (χ0) is 15.3. The van der Waals surface area contributed by atoms with Gasteiger partial charge in [-0.05, 0) is 47.8 Å². The topological polar surface area (TPSA) is 64.6 Å². The molecule has 0 fully saturated rings. The molecule has 0 rings (SSSR count). The van der Waals surface area contributed by atoms with E-state index in [1.807, 2.05) is 0 Å². The van der Waals surface area contributed by atoms with Gasteiger partial charge in [0.05, 0.1) is 11.1 Å². The van der Waals surface area contributed by atoms with Crippen molar-refractivity contribution in [2.24, 2.45) is 0 Å². The van der Waals surface area contributed by atoms with Gasteiger partial charge in [0.1, 0.15) is 11.2 Å². The number of esters is 1. The van der Waals surface area contributed by atoms with Gasteiger partial charge in [-0.2, -0.15) is 0 Å². The van der Waals surface area contributed by atoms with E-state index in [0.29, 0.717) is 5.03 Å². The van der Waals surface area contributed by atoms with Crippen LogP contribution in [-0.2, 0) is 14.3 Å². The lowest BCUT2D eigenvalue weighted by Crippen LogP contribution is -2.32. The number of ether oxygens (including phenoxy) is 2. The average Bonchev–Trinajstić information content (AvgIpc) is 2.10. The van der Waals surface area contributed by atoms with Crippen LogP contribution in [0.2, 0.25) is 0 Å². The van der Waals surface area contributed by atoms with Gasteiger partial charge < -0.3 is 9.47 Å². The van der Waals surface area contributed by atoms with Crippen LogP contribution in [-0.4, -0.2) is 29.5 Å². The summed E-state index contributed by atoms with van der Waals surface area (Å²) in [5, 5.41) is 2.88. The molecule has 0 aromatic heterocycles. The number of carbonyl (C=O) groups excluding carboxylic acids is 2. The highest BCUT2D eigenvalue weighted by Crippen LogP contribution is 2.13. The molecule has 0 unspecified atom stereocenters. The van der Waals surface area contributed by atoms with E-state index in [9.17, 15) is 9.59 Å². The molecule has 0 bridgehead atoms. The molecule has 0 aliphatic rings. The van der Waals surface area contributed by atoms with Crippen LogP contribution in [0.1, 0.15) is 41.5 Å². The van der Waals surface area contributed by atoms with Crippen LogP contribution in [0.15, 0.2) is 11.1 Å². The van der Waals surface area contributed by atoms with Gasteiger partial charge in [0.15, 0.2) is 0 Å². The van der Waals surface area contributed by atoms with E-state index in [2.05, 4.69) is 5.32 Å². The maximum Gasteiger partial charge on any atom is 0.412 e. The highest BCUT2D eigenvalue weighted by Gasteiger charge is 2.18. The zero-order valence-electron chi connectivity index (χ0n) is 12.6. The van der Waals surface area contributed by atoms with Gasteiger partial charge in [0.2, 0.25) is 0 Å². The maximum absolute atomic E-state index is 11.6. The van der Waals surface area contributed by atoms with E-state index in [1.165, 1.54) is 17.8 Å². The second-order valence-corrected chi connectivity index (χ2v) is 6.72. The van der Waals surface area contributed by atoms with E-state index in [-0.39, 0.29) is 0 Å². The molecule has 0 saturated carbocycles. The summed E-state index contributed by atoms with van der Waals surface area (Å²) in [6, 6.07) is 0. The first kappa shape index (κ1) is 17.8. The second-order valence-electron chi connectivity index (χ2n) is 5.87. The Morgan fingerprint density at radius 2 is 1.47 bits per heavy atom. The van der Waals surface area contributed by atoms with Crippen LogP contribution in [0.5, 0.6) is 0 Å². The molecule has 0 spiro atoms. The number of amides is 1. The molecule has 0 aliphatic heterocycles. The summed E-state index contributed by atoms with van der Waals surface area (Å²) >= 11 is 1.23. The minimum absolute atomic E-state index is 0.378. The lowest BCUT2D eigenvalue weighted by molar-refractivity contribution is -0.148. The van der Waals surface area contributed by atoms with Crippen LogP contribution >= 0.6 is 11.8 Å². The van der Waals surface area contributed by atoms with Gasteiger partial charge >= 0.3 is 12.1 Å². The van der Waals surface area contributed by atoms with Gasteiger partial charge in [0.25, 0.3) is 0 Å². The molecule has 6 heteroatoms. The fourth-order valence-electron chi connectivity index (χ4n) is 0.989. The summed E-state index contributed by atoms with van der Waals surface area (Å²) in [6.07, 6.45) is 2.38. The van der Waals surface area contributed by atoms with Crippen molar-refractivity contribution in [2.45, 2.75) is 52.7 Å². The summed E-state index contributed by atoms with van der Waals surface area (Å²) in [6.45, 7) is 10.6. The number of thioether (sulfide) groups is 1. The summed E-state index contributed by atoms with van der Waals surface area (Å²) in [5.41, 5.74) is -1.15. The van der Waals surface area contributed by atoms with Crippen LogP contribution in [0, 0.1) is 0 Å². The number of alkyl carbamates (subject to hydrolysis) is 1. The Labute approximate surface area is 119 Å². The fourth-order valence-corrected chi connectivity index (χ4v) is 1.39.